The Morgan fingerprint density at radius 2 is 1.83 bits per heavy atom. The number of nitrogens with one attached hydrogen (secondary N) is 1. The van der Waals surface area contributed by atoms with Gasteiger partial charge in [0, 0.05) is 51.2 Å². The molecular weight excluding hydrogens is 290 g/mol. The monoisotopic (exact) mass is 313 g/mol. The maximum atomic E-state index is 12.6. The minimum Gasteiger partial charge on any atom is -0.368 e. The summed E-state index contributed by atoms with van der Waals surface area (Å²) in [7, 11) is 1.86. The zero-order chi connectivity index (χ0) is 16.2. The van der Waals surface area contributed by atoms with Crippen molar-refractivity contribution in [1.29, 1.82) is 0 Å². The molecule has 1 amide bonds. The maximum Gasteiger partial charge on any atom is 0.244 e. The molecule has 23 heavy (non-hydrogen) atoms. The summed E-state index contributed by atoms with van der Waals surface area (Å²) in [6, 6.07) is 11.9. The molecule has 1 unspecified atom stereocenters. The van der Waals surface area contributed by atoms with Crippen molar-refractivity contribution in [2.24, 2.45) is 7.05 Å². The molecule has 1 saturated heterocycles. The SMILES string of the molecule is CC(Nc1ccn(C)n1)C(=O)N1CCN(c2ccccc2)CC1. The van der Waals surface area contributed by atoms with Crippen LogP contribution in [0.4, 0.5) is 11.5 Å². The predicted octanol–water partition coefficient (Wildman–Crippen LogP) is 1.57. The maximum absolute atomic E-state index is 12.6. The first-order valence-corrected chi connectivity index (χ1v) is 7.98. The van der Waals surface area contributed by atoms with Crippen LogP contribution in [0.1, 0.15) is 6.92 Å². The molecular formula is C17H23N5O. The fourth-order valence-electron chi connectivity index (χ4n) is 2.87. The summed E-state index contributed by atoms with van der Waals surface area (Å²) in [6.07, 6.45) is 1.86. The van der Waals surface area contributed by atoms with Gasteiger partial charge < -0.3 is 15.1 Å². The molecule has 6 nitrogen and oxygen atoms in total. The third-order valence-corrected chi connectivity index (χ3v) is 4.16. The molecule has 122 valence electrons. The zero-order valence-corrected chi connectivity index (χ0v) is 13.6. The predicted molar refractivity (Wildman–Crippen MR) is 91.5 cm³/mol. The lowest BCUT2D eigenvalue weighted by atomic mass is 10.2. The normalized spacial score (nSPS) is 16.3. The van der Waals surface area contributed by atoms with Crippen molar-refractivity contribution in [2.45, 2.75) is 13.0 Å². The van der Waals surface area contributed by atoms with E-state index in [9.17, 15) is 4.79 Å². The Bertz CT molecular complexity index is 646. The molecule has 0 bridgehead atoms. The fraction of sp³-hybridized carbons (Fsp3) is 0.412. The third kappa shape index (κ3) is 3.64. The van der Waals surface area contributed by atoms with Crippen LogP contribution < -0.4 is 10.2 Å². The number of carbonyl (C=O) groups excluding carboxylic acids is 1. The van der Waals surface area contributed by atoms with Crippen LogP contribution in [0.2, 0.25) is 0 Å². The molecule has 1 fully saturated rings. The second-order valence-corrected chi connectivity index (χ2v) is 5.89. The third-order valence-electron chi connectivity index (χ3n) is 4.16. The van der Waals surface area contributed by atoms with Gasteiger partial charge in [-0.15, -0.1) is 0 Å². The fourth-order valence-corrected chi connectivity index (χ4v) is 2.87. The molecule has 0 radical (unpaired) electrons. The van der Waals surface area contributed by atoms with Crippen LogP contribution in [-0.4, -0.2) is 52.8 Å². The van der Waals surface area contributed by atoms with Crippen LogP contribution in [-0.2, 0) is 11.8 Å². The van der Waals surface area contributed by atoms with Gasteiger partial charge in [0.1, 0.15) is 11.9 Å². The minimum atomic E-state index is -0.270. The van der Waals surface area contributed by atoms with Gasteiger partial charge in [-0.3, -0.25) is 9.48 Å². The molecule has 1 aromatic heterocycles. The van der Waals surface area contributed by atoms with E-state index in [0.29, 0.717) is 0 Å². The van der Waals surface area contributed by atoms with Crippen LogP contribution in [0.15, 0.2) is 42.6 Å². The first-order valence-electron chi connectivity index (χ1n) is 7.98. The summed E-state index contributed by atoms with van der Waals surface area (Å²) in [5.74, 6) is 0.861. The van der Waals surface area contributed by atoms with Crippen LogP contribution >= 0.6 is 0 Å². The Balaban J connectivity index is 1.53. The number of piperazine rings is 1. The number of anilines is 2. The average Bonchev–Trinajstić information content (AvgIpc) is 3.00. The van der Waals surface area contributed by atoms with E-state index < -0.39 is 0 Å². The molecule has 2 aromatic rings. The minimum absolute atomic E-state index is 0.128. The van der Waals surface area contributed by atoms with E-state index in [-0.39, 0.29) is 11.9 Å². The summed E-state index contributed by atoms with van der Waals surface area (Å²) in [4.78, 5) is 16.8. The Morgan fingerprint density at radius 1 is 1.13 bits per heavy atom. The number of hydrogen-bond acceptors (Lipinski definition) is 4. The first kappa shape index (κ1) is 15.4. The average molecular weight is 313 g/mol. The molecule has 0 aliphatic carbocycles. The molecule has 1 N–H and O–H groups in total. The molecule has 0 spiro atoms. The van der Waals surface area contributed by atoms with Crippen molar-refractivity contribution in [3.05, 3.63) is 42.6 Å². The number of amides is 1. The highest BCUT2D eigenvalue weighted by Gasteiger charge is 2.25. The Morgan fingerprint density at radius 3 is 2.43 bits per heavy atom. The van der Waals surface area contributed by atoms with Crippen molar-refractivity contribution in [3.63, 3.8) is 0 Å². The largest absolute Gasteiger partial charge is 0.368 e. The zero-order valence-electron chi connectivity index (χ0n) is 13.6. The molecule has 3 rings (SSSR count). The number of nitrogens with zero attached hydrogens (tertiary/aromatic N) is 4. The Kier molecular flexibility index (Phi) is 4.50. The summed E-state index contributed by atoms with van der Waals surface area (Å²) >= 11 is 0. The van der Waals surface area contributed by atoms with Gasteiger partial charge in [-0.25, -0.2) is 0 Å². The summed E-state index contributed by atoms with van der Waals surface area (Å²) in [5.41, 5.74) is 1.22. The van der Waals surface area contributed by atoms with E-state index in [4.69, 9.17) is 0 Å². The van der Waals surface area contributed by atoms with Crippen molar-refractivity contribution < 1.29 is 4.79 Å². The second kappa shape index (κ2) is 6.73. The number of aryl methyl sites for hydroxylation is 1. The van der Waals surface area contributed by atoms with Gasteiger partial charge in [0.2, 0.25) is 5.91 Å². The van der Waals surface area contributed by atoms with Gasteiger partial charge >= 0.3 is 0 Å². The van der Waals surface area contributed by atoms with Gasteiger partial charge in [-0.1, -0.05) is 18.2 Å². The number of aromatic nitrogens is 2. The number of hydrogen-bond donors (Lipinski definition) is 1. The molecule has 1 aromatic carbocycles. The smallest absolute Gasteiger partial charge is 0.244 e. The van der Waals surface area contributed by atoms with Gasteiger partial charge in [-0.2, -0.15) is 5.10 Å². The van der Waals surface area contributed by atoms with Crippen molar-refractivity contribution in [3.8, 4) is 0 Å². The van der Waals surface area contributed by atoms with Gasteiger partial charge in [0.05, 0.1) is 0 Å². The molecule has 6 heteroatoms. The lowest BCUT2D eigenvalue weighted by Gasteiger charge is -2.37. The summed E-state index contributed by atoms with van der Waals surface area (Å²) in [6.45, 7) is 5.13. The quantitative estimate of drug-likeness (QED) is 0.931. The van der Waals surface area contributed by atoms with Crippen LogP contribution in [0, 0.1) is 0 Å². The second-order valence-electron chi connectivity index (χ2n) is 5.89. The van der Waals surface area contributed by atoms with Crippen molar-refractivity contribution in [1.82, 2.24) is 14.7 Å². The first-order chi connectivity index (χ1) is 11.1. The Labute approximate surface area is 136 Å². The van der Waals surface area contributed by atoms with Crippen LogP contribution in [0.3, 0.4) is 0 Å². The number of para-hydroxylation sites is 1. The molecule has 1 atom stereocenters. The highest BCUT2D eigenvalue weighted by molar-refractivity contribution is 5.84. The number of benzene rings is 1. The molecule has 0 saturated carbocycles. The summed E-state index contributed by atoms with van der Waals surface area (Å²) < 4.78 is 1.72. The van der Waals surface area contributed by atoms with E-state index in [2.05, 4.69) is 27.4 Å². The van der Waals surface area contributed by atoms with Crippen LogP contribution in [0.25, 0.3) is 0 Å². The number of carbonyl (C=O) groups is 1. The van der Waals surface area contributed by atoms with Gasteiger partial charge in [-0.05, 0) is 19.1 Å². The lowest BCUT2D eigenvalue weighted by molar-refractivity contribution is -0.131. The highest BCUT2D eigenvalue weighted by atomic mass is 16.2. The Hall–Kier alpha value is -2.50. The van der Waals surface area contributed by atoms with Crippen molar-refractivity contribution in [2.75, 3.05) is 36.4 Å². The summed E-state index contributed by atoms with van der Waals surface area (Å²) in [5, 5.41) is 7.42. The van der Waals surface area contributed by atoms with E-state index in [0.717, 1.165) is 32.0 Å². The van der Waals surface area contributed by atoms with E-state index in [1.54, 1.807) is 4.68 Å². The van der Waals surface area contributed by atoms with E-state index in [1.807, 2.05) is 49.3 Å². The van der Waals surface area contributed by atoms with E-state index in [1.165, 1.54) is 5.69 Å². The molecule has 2 heterocycles. The van der Waals surface area contributed by atoms with E-state index >= 15 is 0 Å². The molecule has 1 aliphatic heterocycles. The van der Waals surface area contributed by atoms with Crippen LogP contribution in [0.5, 0.6) is 0 Å². The number of rotatable bonds is 4. The van der Waals surface area contributed by atoms with Gasteiger partial charge in [0.15, 0.2) is 0 Å². The molecule has 1 aliphatic rings. The highest BCUT2D eigenvalue weighted by Crippen LogP contribution is 2.16. The van der Waals surface area contributed by atoms with Gasteiger partial charge in [0.25, 0.3) is 0 Å². The topological polar surface area (TPSA) is 53.4 Å². The standard InChI is InChI=1S/C17H23N5O/c1-14(18-16-8-9-20(2)19-16)17(23)22-12-10-21(11-13-22)15-6-4-3-5-7-15/h3-9,14H,10-13H2,1-2H3,(H,18,19). The van der Waals surface area contributed by atoms with Crippen molar-refractivity contribution >= 4 is 17.4 Å². The lowest BCUT2D eigenvalue weighted by Crippen LogP contribution is -2.52.